The van der Waals surface area contributed by atoms with Gasteiger partial charge in [-0.05, 0) is 12.8 Å². The second-order valence-corrected chi connectivity index (χ2v) is 7.16. The molecule has 1 atom stereocenters. The Morgan fingerprint density at radius 1 is 1.37 bits per heavy atom. The minimum absolute atomic E-state index is 0.0723. The summed E-state index contributed by atoms with van der Waals surface area (Å²) in [6.45, 7) is 4.10. The molecule has 1 aliphatic heterocycles. The van der Waals surface area contributed by atoms with Gasteiger partial charge >= 0.3 is 0 Å². The Morgan fingerprint density at radius 3 is 2.68 bits per heavy atom. The standard InChI is InChI=1S/C13H19BrN2O2S/c1-9(14)6-15-12(17)11-7-19-8-16(11)13(18)10-4-2-3-5-10/h10-11H,1-8H2,(H,15,17). The number of halogens is 1. The van der Waals surface area contributed by atoms with Crippen molar-refractivity contribution in [2.24, 2.45) is 5.92 Å². The van der Waals surface area contributed by atoms with Gasteiger partial charge in [0, 0.05) is 22.7 Å². The lowest BCUT2D eigenvalue weighted by Crippen LogP contribution is -2.48. The summed E-state index contributed by atoms with van der Waals surface area (Å²) in [6.07, 6.45) is 4.23. The molecular weight excluding hydrogens is 328 g/mol. The third kappa shape index (κ3) is 3.75. The van der Waals surface area contributed by atoms with Crippen LogP contribution in [-0.2, 0) is 9.59 Å². The van der Waals surface area contributed by atoms with Crippen molar-refractivity contribution in [1.82, 2.24) is 10.2 Å². The van der Waals surface area contributed by atoms with Crippen LogP contribution in [-0.4, -0.2) is 40.9 Å². The molecule has 106 valence electrons. The lowest BCUT2D eigenvalue weighted by atomic mass is 10.1. The quantitative estimate of drug-likeness (QED) is 0.847. The minimum Gasteiger partial charge on any atom is -0.350 e. The number of hydrogen-bond acceptors (Lipinski definition) is 3. The van der Waals surface area contributed by atoms with Crippen molar-refractivity contribution in [3.63, 3.8) is 0 Å². The Bertz CT molecular complexity index is 383. The third-order valence-corrected chi connectivity index (χ3v) is 4.92. The van der Waals surface area contributed by atoms with Crippen LogP contribution in [0.4, 0.5) is 0 Å². The van der Waals surface area contributed by atoms with Crippen molar-refractivity contribution >= 4 is 39.5 Å². The molecule has 6 heteroatoms. The average Bonchev–Trinajstić information content (AvgIpc) is 3.05. The van der Waals surface area contributed by atoms with Crippen LogP contribution in [0.3, 0.4) is 0 Å². The first-order valence-corrected chi connectivity index (χ1v) is 8.53. The number of rotatable bonds is 4. The first-order chi connectivity index (χ1) is 9.09. The SMILES string of the molecule is C=C(Br)CNC(=O)C1CSCN1C(=O)C1CCCC1. The van der Waals surface area contributed by atoms with Gasteiger partial charge in [-0.3, -0.25) is 9.59 Å². The highest BCUT2D eigenvalue weighted by Crippen LogP contribution is 2.30. The molecule has 0 aromatic rings. The number of carbonyl (C=O) groups excluding carboxylic acids is 2. The Kier molecular flexibility index (Phi) is 5.33. The van der Waals surface area contributed by atoms with Gasteiger partial charge in [0.05, 0.1) is 5.88 Å². The van der Waals surface area contributed by atoms with E-state index in [1.807, 2.05) is 0 Å². The van der Waals surface area contributed by atoms with E-state index in [1.165, 1.54) is 0 Å². The van der Waals surface area contributed by atoms with E-state index in [1.54, 1.807) is 16.7 Å². The molecule has 0 radical (unpaired) electrons. The Morgan fingerprint density at radius 2 is 2.05 bits per heavy atom. The molecule has 0 bridgehead atoms. The predicted octanol–water partition coefficient (Wildman–Crippen LogP) is 2.10. The number of thioether (sulfide) groups is 1. The van der Waals surface area contributed by atoms with Gasteiger partial charge in [0.15, 0.2) is 0 Å². The van der Waals surface area contributed by atoms with E-state index in [-0.39, 0.29) is 23.8 Å². The summed E-state index contributed by atoms with van der Waals surface area (Å²) in [5.74, 6) is 1.57. The first kappa shape index (κ1) is 14.9. The van der Waals surface area contributed by atoms with Crippen LogP contribution in [0.15, 0.2) is 11.1 Å². The van der Waals surface area contributed by atoms with E-state index >= 15 is 0 Å². The zero-order chi connectivity index (χ0) is 13.8. The van der Waals surface area contributed by atoms with Crippen molar-refractivity contribution in [1.29, 1.82) is 0 Å². The molecule has 1 unspecified atom stereocenters. The second-order valence-electron chi connectivity index (χ2n) is 5.04. The molecule has 1 saturated carbocycles. The van der Waals surface area contributed by atoms with Crippen LogP contribution in [0.25, 0.3) is 0 Å². The van der Waals surface area contributed by atoms with Gasteiger partial charge in [0.25, 0.3) is 0 Å². The number of amides is 2. The van der Waals surface area contributed by atoms with Gasteiger partial charge in [0.2, 0.25) is 11.8 Å². The number of hydrogen-bond donors (Lipinski definition) is 1. The maximum Gasteiger partial charge on any atom is 0.243 e. The first-order valence-electron chi connectivity index (χ1n) is 6.59. The minimum atomic E-state index is -0.315. The molecule has 0 aromatic heterocycles. The van der Waals surface area contributed by atoms with E-state index in [9.17, 15) is 9.59 Å². The van der Waals surface area contributed by atoms with Crippen molar-refractivity contribution in [3.8, 4) is 0 Å². The molecule has 2 amide bonds. The fourth-order valence-electron chi connectivity index (χ4n) is 2.59. The monoisotopic (exact) mass is 346 g/mol. The summed E-state index contributed by atoms with van der Waals surface area (Å²) in [6, 6.07) is -0.315. The number of nitrogens with one attached hydrogen (secondary N) is 1. The van der Waals surface area contributed by atoms with E-state index in [4.69, 9.17) is 0 Å². The summed E-state index contributed by atoms with van der Waals surface area (Å²) in [5, 5.41) is 2.81. The molecule has 2 rings (SSSR count). The molecular formula is C13H19BrN2O2S. The van der Waals surface area contributed by atoms with Gasteiger partial charge in [-0.2, -0.15) is 0 Å². The zero-order valence-electron chi connectivity index (χ0n) is 10.9. The van der Waals surface area contributed by atoms with Crippen LogP contribution in [0.1, 0.15) is 25.7 Å². The number of nitrogens with zero attached hydrogens (tertiary/aromatic N) is 1. The van der Waals surface area contributed by atoms with Gasteiger partial charge < -0.3 is 10.2 Å². The summed E-state index contributed by atoms with van der Waals surface area (Å²) in [4.78, 5) is 26.3. The fourth-order valence-corrected chi connectivity index (χ4v) is 3.89. The number of carbonyl (C=O) groups is 2. The van der Waals surface area contributed by atoms with Gasteiger partial charge in [-0.1, -0.05) is 35.4 Å². The van der Waals surface area contributed by atoms with E-state index in [2.05, 4.69) is 27.8 Å². The summed E-state index contributed by atoms with van der Waals surface area (Å²) in [5.41, 5.74) is 0. The molecule has 0 aromatic carbocycles. The highest BCUT2D eigenvalue weighted by molar-refractivity contribution is 9.11. The van der Waals surface area contributed by atoms with Crippen LogP contribution in [0, 0.1) is 5.92 Å². The van der Waals surface area contributed by atoms with Gasteiger partial charge in [0.1, 0.15) is 6.04 Å². The van der Waals surface area contributed by atoms with Gasteiger partial charge in [-0.15, -0.1) is 11.8 Å². The van der Waals surface area contributed by atoms with Crippen molar-refractivity contribution in [2.45, 2.75) is 31.7 Å². The van der Waals surface area contributed by atoms with E-state index in [0.29, 0.717) is 18.2 Å². The van der Waals surface area contributed by atoms with Gasteiger partial charge in [-0.25, -0.2) is 0 Å². The van der Waals surface area contributed by atoms with Crippen molar-refractivity contribution < 1.29 is 9.59 Å². The Hall–Kier alpha value is -0.490. The highest BCUT2D eigenvalue weighted by atomic mass is 79.9. The van der Waals surface area contributed by atoms with E-state index in [0.717, 1.165) is 30.2 Å². The lowest BCUT2D eigenvalue weighted by Gasteiger charge is -2.25. The van der Waals surface area contributed by atoms with Crippen LogP contribution in [0.2, 0.25) is 0 Å². The lowest BCUT2D eigenvalue weighted by molar-refractivity contribution is -0.140. The topological polar surface area (TPSA) is 49.4 Å². The maximum atomic E-state index is 12.4. The zero-order valence-corrected chi connectivity index (χ0v) is 13.3. The molecule has 19 heavy (non-hydrogen) atoms. The average molecular weight is 347 g/mol. The third-order valence-electron chi connectivity index (χ3n) is 3.63. The normalized spacial score (nSPS) is 23.6. The predicted molar refractivity (Wildman–Crippen MR) is 81.0 cm³/mol. The fraction of sp³-hybridized carbons (Fsp3) is 0.692. The molecule has 1 heterocycles. The molecule has 0 spiro atoms. The molecule has 1 aliphatic carbocycles. The molecule has 2 fully saturated rings. The summed E-state index contributed by atoms with van der Waals surface area (Å²) >= 11 is 4.86. The summed E-state index contributed by atoms with van der Waals surface area (Å²) in [7, 11) is 0. The van der Waals surface area contributed by atoms with Crippen molar-refractivity contribution in [3.05, 3.63) is 11.1 Å². The van der Waals surface area contributed by atoms with Crippen molar-refractivity contribution in [2.75, 3.05) is 18.2 Å². The molecule has 1 N–H and O–H groups in total. The molecule has 1 saturated heterocycles. The highest BCUT2D eigenvalue weighted by Gasteiger charge is 2.38. The Labute approximate surface area is 126 Å². The molecule has 2 aliphatic rings. The van der Waals surface area contributed by atoms with Crippen LogP contribution < -0.4 is 5.32 Å². The Balaban J connectivity index is 1.93. The maximum absolute atomic E-state index is 12.4. The van der Waals surface area contributed by atoms with Crippen LogP contribution in [0.5, 0.6) is 0 Å². The van der Waals surface area contributed by atoms with Crippen LogP contribution >= 0.6 is 27.7 Å². The second kappa shape index (κ2) is 6.79. The smallest absolute Gasteiger partial charge is 0.243 e. The largest absolute Gasteiger partial charge is 0.350 e. The molecule has 4 nitrogen and oxygen atoms in total. The summed E-state index contributed by atoms with van der Waals surface area (Å²) < 4.78 is 0.736. The van der Waals surface area contributed by atoms with E-state index < -0.39 is 0 Å².